The normalized spacial score (nSPS) is 15.9. The van der Waals surface area contributed by atoms with Gasteiger partial charge in [-0.3, -0.25) is 4.79 Å². The average Bonchev–Trinajstić information content (AvgIpc) is 2.66. The fraction of sp³-hybridized carbons (Fsp3) is 0.682. The van der Waals surface area contributed by atoms with Crippen LogP contribution in [-0.2, 0) is 16.0 Å². The zero-order valence-corrected chi connectivity index (χ0v) is 16.2. The van der Waals surface area contributed by atoms with E-state index in [0.717, 1.165) is 51.7 Å². The first-order valence-corrected chi connectivity index (χ1v) is 10.3. The quantitative estimate of drug-likeness (QED) is 0.410. The summed E-state index contributed by atoms with van der Waals surface area (Å²) < 4.78 is 18.4. The van der Waals surface area contributed by atoms with Crippen molar-refractivity contribution >= 4 is 5.97 Å². The molecule has 1 saturated heterocycles. The molecule has 0 radical (unpaired) electrons. The molecule has 0 amide bonds. The number of hydrogen-bond donors (Lipinski definition) is 0. The second-order valence-electron chi connectivity index (χ2n) is 7.51. The Morgan fingerprint density at radius 3 is 2.50 bits per heavy atom. The van der Waals surface area contributed by atoms with Crippen LogP contribution in [-0.4, -0.2) is 37.1 Å². The van der Waals surface area contributed by atoms with E-state index in [2.05, 4.69) is 11.8 Å². The number of unbranched alkanes of at least 4 members (excludes halogenated alkanes) is 4. The first kappa shape index (κ1) is 20.9. The van der Waals surface area contributed by atoms with Crippen molar-refractivity contribution in [3.8, 4) is 0 Å². The van der Waals surface area contributed by atoms with Crippen LogP contribution in [0.1, 0.15) is 63.9 Å². The van der Waals surface area contributed by atoms with Crippen LogP contribution in [0.4, 0.5) is 4.39 Å². The SMILES string of the molecule is CCCCCCCC(=O)OCC1CCN(CCc2ccc(F)cc2)CC1. The van der Waals surface area contributed by atoms with Crippen LogP contribution in [0.2, 0.25) is 0 Å². The minimum atomic E-state index is -0.176. The molecule has 0 aromatic heterocycles. The Balaban J connectivity index is 1.52. The number of benzene rings is 1. The number of esters is 1. The van der Waals surface area contributed by atoms with Gasteiger partial charge in [-0.2, -0.15) is 0 Å². The van der Waals surface area contributed by atoms with Crippen molar-refractivity contribution in [1.29, 1.82) is 0 Å². The van der Waals surface area contributed by atoms with Gasteiger partial charge in [0.25, 0.3) is 0 Å². The molecule has 0 atom stereocenters. The highest BCUT2D eigenvalue weighted by atomic mass is 19.1. The van der Waals surface area contributed by atoms with Gasteiger partial charge in [-0.15, -0.1) is 0 Å². The van der Waals surface area contributed by atoms with Crippen LogP contribution in [0.5, 0.6) is 0 Å². The van der Waals surface area contributed by atoms with E-state index in [1.807, 2.05) is 12.1 Å². The third-order valence-electron chi connectivity index (χ3n) is 5.30. The Labute approximate surface area is 157 Å². The van der Waals surface area contributed by atoms with Gasteiger partial charge in [0.2, 0.25) is 0 Å². The minimum absolute atomic E-state index is 0.0276. The van der Waals surface area contributed by atoms with Crippen LogP contribution in [0.15, 0.2) is 24.3 Å². The molecule has 1 fully saturated rings. The van der Waals surface area contributed by atoms with Crippen molar-refractivity contribution in [2.24, 2.45) is 5.92 Å². The summed E-state index contributed by atoms with van der Waals surface area (Å²) in [6.07, 6.45) is 9.51. The fourth-order valence-corrected chi connectivity index (χ4v) is 3.47. The van der Waals surface area contributed by atoms with E-state index >= 15 is 0 Å². The largest absolute Gasteiger partial charge is 0.465 e. The molecular weight excluding hydrogens is 329 g/mol. The maximum absolute atomic E-state index is 12.9. The lowest BCUT2D eigenvalue weighted by molar-refractivity contribution is -0.145. The topological polar surface area (TPSA) is 29.5 Å². The summed E-state index contributed by atoms with van der Waals surface area (Å²) in [7, 11) is 0. The maximum Gasteiger partial charge on any atom is 0.305 e. The molecule has 0 bridgehead atoms. The molecular formula is C22H34FNO2. The molecule has 4 heteroatoms. The number of ether oxygens (including phenoxy) is 1. The summed E-state index contributed by atoms with van der Waals surface area (Å²) in [4.78, 5) is 14.3. The highest BCUT2D eigenvalue weighted by molar-refractivity contribution is 5.69. The molecule has 1 aliphatic heterocycles. The van der Waals surface area contributed by atoms with E-state index in [9.17, 15) is 9.18 Å². The van der Waals surface area contributed by atoms with Gasteiger partial charge in [-0.1, -0.05) is 44.7 Å². The molecule has 0 aliphatic carbocycles. The number of nitrogens with zero attached hydrogens (tertiary/aromatic N) is 1. The van der Waals surface area contributed by atoms with Crippen LogP contribution >= 0.6 is 0 Å². The second kappa shape index (κ2) is 12.1. The van der Waals surface area contributed by atoms with Crippen LogP contribution in [0, 0.1) is 11.7 Å². The summed E-state index contributed by atoms with van der Waals surface area (Å²) in [5, 5.41) is 0. The first-order valence-electron chi connectivity index (χ1n) is 10.3. The lowest BCUT2D eigenvalue weighted by Crippen LogP contribution is -2.36. The lowest BCUT2D eigenvalue weighted by Gasteiger charge is -2.31. The smallest absolute Gasteiger partial charge is 0.305 e. The van der Waals surface area contributed by atoms with Crippen molar-refractivity contribution < 1.29 is 13.9 Å². The van der Waals surface area contributed by atoms with Gasteiger partial charge in [0.05, 0.1) is 6.61 Å². The van der Waals surface area contributed by atoms with Crippen LogP contribution in [0.3, 0.4) is 0 Å². The summed E-state index contributed by atoms with van der Waals surface area (Å²) in [5.74, 6) is 0.298. The molecule has 1 aromatic rings. The van der Waals surface area contributed by atoms with Gasteiger partial charge in [0.15, 0.2) is 0 Å². The number of likely N-dealkylation sites (tertiary alicyclic amines) is 1. The van der Waals surface area contributed by atoms with E-state index in [4.69, 9.17) is 4.74 Å². The molecule has 3 nitrogen and oxygen atoms in total. The van der Waals surface area contributed by atoms with Crippen molar-refractivity contribution in [2.45, 2.75) is 64.7 Å². The monoisotopic (exact) mass is 363 g/mol. The molecule has 1 aliphatic rings. The molecule has 0 spiro atoms. The predicted molar refractivity (Wildman–Crippen MR) is 104 cm³/mol. The van der Waals surface area contributed by atoms with Crippen molar-refractivity contribution in [1.82, 2.24) is 4.90 Å². The number of piperidine rings is 1. The van der Waals surface area contributed by atoms with Gasteiger partial charge in [-0.05, 0) is 62.4 Å². The molecule has 1 aromatic carbocycles. The summed E-state index contributed by atoms with van der Waals surface area (Å²) >= 11 is 0. The summed E-state index contributed by atoms with van der Waals surface area (Å²) in [5.41, 5.74) is 1.18. The van der Waals surface area contributed by atoms with Gasteiger partial charge in [0.1, 0.15) is 5.82 Å². The van der Waals surface area contributed by atoms with Gasteiger partial charge in [0, 0.05) is 13.0 Å². The van der Waals surface area contributed by atoms with Crippen molar-refractivity contribution in [3.05, 3.63) is 35.6 Å². The van der Waals surface area contributed by atoms with E-state index in [1.54, 1.807) is 0 Å². The predicted octanol–water partition coefficient (Wildman–Crippen LogP) is 4.98. The molecule has 146 valence electrons. The van der Waals surface area contributed by atoms with Crippen LogP contribution in [0.25, 0.3) is 0 Å². The lowest BCUT2D eigenvalue weighted by atomic mass is 9.97. The Kier molecular flexibility index (Phi) is 9.68. The molecule has 1 heterocycles. The van der Waals surface area contributed by atoms with E-state index < -0.39 is 0 Å². The molecule has 26 heavy (non-hydrogen) atoms. The molecule has 2 rings (SSSR count). The number of hydrogen-bond acceptors (Lipinski definition) is 3. The third kappa shape index (κ3) is 8.31. The molecule has 0 N–H and O–H groups in total. The zero-order chi connectivity index (χ0) is 18.6. The number of halogens is 1. The second-order valence-corrected chi connectivity index (χ2v) is 7.51. The fourth-order valence-electron chi connectivity index (χ4n) is 3.47. The number of rotatable bonds is 11. The Morgan fingerprint density at radius 1 is 1.12 bits per heavy atom. The van der Waals surface area contributed by atoms with E-state index in [-0.39, 0.29) is 11.8 Å². The maximum atomic E-state index is 12.9. The number of carbonyl (C=O) groups excluding carboxylic acids is 1. The number of carbonyl (C=O) groups is 1. The Morgan fingerprint density at radius 2 is 1.81 bits per heavy atom. The van der Waals surface area contributed by atoms with Gasteiger partial charge in [-0.25, -0.2) is 4.39 Å². The van der Waals surface area contributed by atoms with E-state index in [0.29, 0.717) is 18.9 Å². The summed E-state index contributed by atoms with van der Waals surface area (Å²) in [6, 6.07) is 6.78. The highest BCUT2D eigenvalue weighted by Crippen LogP contribution is 2.18. The Bertz CT molecular complexity index is 509. The first-order chi connectivity index (χ1) is 12.7. The average molecular weight is 364 g/mol. The minimum Gasteiger partial charge on any atom is -0.465 e. The van der Waals surface area contributed by atoms with Gasteiger partial charge >= 0.3 is 5.97 Å². The van der Waals surface area contributed by atoms with Gasteiger partial charge < -0.3 is 9.64 Å². The standard InChI is InChI=1S/C22H34FNO2/c1-2-3-4-5-6-7-22(25)26-18-20-13-16-24(17-14-20)15-12-19-8-10-21(23)11-9-19/h8-11,20H,2-7,12-18H2,1H3. The molecule has 0 saturated carbocycles. The third-order valence-corrected chi connectivity index (χ3v) is 5.30. The van der Waals surface area contributed by atoms with Crippen molar-refractivity contribution in [3.63, 3.8) is 0 Å². The summed E-state index contributed by atoms with van der Waals surface area (Å²) in [6.45, 7) is 5.90. The van der Waals surface area contributed by atoms with Crippen molar-refractivity contribution in [2.75, 3.05) is 26.2 Å². The zero-order valence-electron chi connectivity index (χ0n) is 16.2. The van der Waals surface area contributed by atoms with E-state index in [1.165, 1.54) is 37.0 Å². The highest BCUT2D eigenvalue weighted by Gasteiger charge is 2.20. The molecule has 0 unspecified atom stereocenters. The Hall–Kier alpha value is -1.42. The van der Waals surface area contributed by atoms with Crippen LogP contribution < -0.4 is 0 Å².